The highest BCUT2D eigenvalue weighted by Crippen LogP contribution is 2.21. The molecule has 6 nitrogen and oxygen atoms in total. The highest BCUT2D eigenvalue weighted by molar-refractivity contribution is 7.92. The average molecular weight is 316 g/mol. The van der Waals surface area contributed by atoms with Crippen molar-refractivity contribution in [1.29, 1.82) is 5.26 Å². The summed E-state index contributed by atoms with van der Waals surface area (Å²) in [5.41, 5.74) is 0.829. The van der Waals surface area contributed by atoms with Crippen molar-refractivity contribution < 1.29 is 18.3 Å². The lowest BCUT2D eigenvalue weighted by Crippen LogP contribution is -2.15. The minimum absolute atomic E-state index is 0.0210. The number of carbonyl (C=O) groups is 1. The Labute approximate surface area is 127 Å². The molecule has 2 aromatic carbocycles. The maximum atomic E-state index is 12.4. The topological polar surface area (TPSA) is 107 Å². The van der Waals surface area contributed by atoms with Crippen LogP contribution in [-0.4, -0.2) is 19.5 Å². The van der Waals surface area contributed by atoms with E-state index in [-0.39, 0.29) is 21.7 Å². The number of aryl methyl sites for hydroxylation is 1. The van der Waals surface area contributed by atoms with E-state index in [1.54, 1.807) is 13.0 Å². The third kappa shape index (κ3) is 3.24. The van der Waals surface area contributed by atoms with Crippen LogP contribution in [0, 0.1) is 18.3 Å². The first-order valence-electron chi connectivity index (χ1n) is 6.20. The van der Waals surface area contributed by atoms with Crippen LogP contribution in [0.5, 0.6) is 0 Å². The van der Waals surface area contributed by atoms with Crippen LogP contribution < -0.4 is 4.72 Å². The largest absolute Gasteiger partial charge is 0.478 e. The Morgan fingerprint density at radius 2 is 1.95 bits per heavy atom. The molecule has 0 aliphatic carbocycles. The second-order valence-corrected chi connectivity index (χ2v) is 6.23. The molecule has 0 spiro atoms. The Morgan fingerprint density at radius 1 is 1.23 bits per heavy atom. The Hall–Kier alpha value is -2.85. The van der Waals surface area contributed by atoms with Crippen molar-refractivity contribution in [2.45, 2.75) is 11.8 Å². The first-order valence-corrected chi connectivity index (χ1v) is 7.69. The van der Waals surface area contributed by atoms with E-state index in [1.165, 1.54) is 36.4 Å². The third-order valence-electron chi connectivity index (χ3n) is 2.97. The number of carboxylic acid groups (broad SMARTS) is 1. The molecule has 2 N–H and O–H groups in total. The van der Waals surface area contributed by atoms with Gasteiger partial charge in [0.1, 0.15) is 0 Å². The molecule has 2 rings (SSSR count). The molecule has 22 heavy (non-hydrogen) atoms. The molecule has 0 aliphatic heterocycles. The summed E-state index contributed by atoms with van der Waals surface area (Å²) >= 11 is 0. The van der Waals surface area contributed by atoms with Crippen LogP contribution in [0.3, 0.4) is 0 Å². The molecule has 0 saturated carbocycles. The van der Waals surface area contributed by atoms with Crippen molar-refractivity contribution in [3.8, 4) is 6.07 Å². The van der Waals surface area contributed by atoms with E-state index in [4.69, 9.17) is 10.4 Å². The summed E-state index contributed by atoms with van der Waals surface area (Å²) in [5, 5.41) is 17.8. The van der Waals surface area contributed by atoms with E-state index in [0.29, 0.717) is 5.56 Å². The van der Waals surface area contributed by atoms with E-state index in [1.807, 2.05) is 6.07 Å². The fourth-order valence-corrected chi connectivity index (χ4v) is 3.21. The summed E-state index contributed by atoms with van der Waals surface area (Å²) in [7, 11) is -3.91. The number of benzene rings is 2. The lowest BCUT2D eigenvalue weighted by atomic mass is 10.2. The molecular formula is C15H12N2O4S. The van der Waals surface area contributed by atoms with E-state index >= 15 is 0 Å². The van der Waals surface area contributed by atoms with Gasteiger partial charge in [-0.05, 0) is 42.8 Å². The summed E-state index contributed by atoms with van der Waals surface area (Å²) in [5.74, 6) is -1.15. The first kappa shape index (κ1) is 15.5. The maximum absolute atomic E-state index is 12.4. The zero-order valence-corrected chi connectivity index (χ0v) is 12.4. The molecular weight excluding hydrogens is 304 g/mol. The molecule has 0 atom stereocenters. The van der Waals surface area contributed by atoms with Gasteiger partial charge in [0.25, 0.3) is 10.0 Å². The van der Waals surface area contributed by atoms with Gasteiger partial charge in [0.2, 0.25) is 0 Å². The molecule has 0 aromatic heterocycles. The minimum atomic E-state index is -3.91. The molecule has 0 amide bonds. The minimum Gasteiger partial charge on any atom is -0.478 e. The maximum Gasteiger partial charge on any atom is 0.335 e. The number of anilines is 1. The number of carboxylic acids is 1. The zero-order valence-electron chi connectivity index (χ0n) is 11.6. The van der Waals surface area contributed by atoms with Crippen LogP contribution in [-0.2, 0) is 10.0 Å². The molecule has 2 aromatic rings. The predicted octanol–water partition coefficient (Wildman–Crippen LogP) is 2.37. The second kappa shape index (κ2) is 5.87. The molecule has 0 fully saturated rings. The normalized spacial score (nSPS) is 10.7. The average Bonchev–Trinajstić information content (AvgIpc) is 2.47. The van der Waals surface area contributed by atoms with Gasteiger partial charge in [0, 0.05) is 5.69 Å². The van der Waals surface area contributed by atoms with Crippen LogP contribution >= 0.6 is 0 Å². The van der Waals surface area contributed by atoms with Gasteiger partial charge in [-0.1, -0.05) is 12.1 Å². The molecule has 7 heteroatoms. The molecule has 0 heterocycles. The Kier molecular flexibility index (Phi) is 4.15. The van der Waals surface area contributed by atoms with Gasteiger partial charge >= 0.3 is 5.97 Å². The van der Waals surface area contributed by atoms with Gasteiger partial charge in [0.05, 0.1) is 22.1 Å². The Bertz CT molecular complexity index is 883. The quantitative estimate of drug-likeness (QED) is 0.900. The monoisotopic (exact) mass is 316 g/mol. The van der Waals surface area contributed by atoms with Gasteiger partial charge in [0.15, 0.2) is 0 Å². The second-order valence-electron chi connectivity index (χ2n) is 4.58. The highest BCUT2D eigenvalue weighted by Gasteiger charge is 2.18. The number of aromatic carboxylic acids is 1. The van der Waals surface area contributed by atoms with E-state index < -0.39 is 16.0 Å². The summed E-state index contributed by atoms with van der Waals surface area (Å²) in [6.45, 7) is 1.61. The van der Waals surface area contributed by atoms with E-state index in [9.17, 15) is 13.2 Å². The van der Waals surface area contributed by atoms with Crippen molar-refractivity contribution in [3.05, 3.63) is 59.2 Å². The molecule has 0 saturated heterocycles. The predicted molar refractivity (Wildman–Crippen MR) is 80.1 cm³/mol. The van der Waals surface area contributed by atoms with Gasteiger partial charge in [-0.15, -0.1) is 0 Å². The van der Waals surface area contributed by atoms with Crippen molar-refractivity contribution in [3.63, 3.8) is 0 Å². The van der Waals surface area contributed by atoms with Crippen molar-refractivity contribution in [2.75, 3.05) is 4.72 Å². The molecule has 0 bridgehead atoms. The number of nitrogens with zero attached hydrogens (tertiary/aromatic N) is 1. The summed E-state index contributed by atoms with van der Waals surface area (Å²) in [6, 6.07) is 11.7. The number of sulfonamides is 1. The van der Waals surface area contributed by atoms with Gasteiger partial charge in [-0.25, -0.2) is 13.2 Å². The highest BCUT2D eigenvalue weighted by atomic mass is 32.2. The van der Waals surface area contributed by atoms with Crippen molar-refractivity contribution in [1.82, 2.24) is 0 Å². The third-order valence-corrected chi connectivity index (χ3v) is 4.49. The van der Waals surface area contributed by atoms with E-state index in [0.717, 1.165) is 0 Å². The fraction of sp³-hybridized carbons (Fsp3) is 0.0667. The summed E-state index contributed by atoms with van der Waals surface area (Å²) in [6.07, 6.45) is 0. The van der Waals surface area contributed by atoms with Crippen LogP contribution in [0.25, 0.3) is 0 Å². The van der Waals surface area contributed by atoms with E-state index in [2.05, 4.69) is 4.72 Å². The standard InChI is InChI=1S/C15H12N2O4S/c1-10-5-6-11(9-16)7-14(10)22(20,21)17-13-4-2-3-12(8-13)15(18)19/h2-8,17H,1H3,(H,18,19). The Morgan fingerprint density at radius 3 is 2.59 bits per heavy atom. The number of hydrogen-bond acceptors (Lipinski definition) is 4. The SMILES string of the molecule is Cc1ccc(C#N)cc1S(=O)(=O)Nc1cccc(C(=O)O)c1. The zero-order chi connectivity index (χ0) is 16.3. The lowest BCUT2D eigenvalue weighted by molar-refractivity contribution is 0.0697. The van der Waals surface area contributed by atoms with Crippen LogP contribution in [0.2, 0.25) is 0 Å². The first-order chi connectivity index (χ1) is 10.3. The van der Waals surface area contributed by atoms with Gasteiger partial charge < -0.3 is 5.11 Å². The van der Waals surface area contributed by atoms with Crippen LogP contribution in [0.4, 0.5) is 5.69 Å². The van der Waals surface area contributed by atoms with Crippen molar-refractivity contribution >= 4 is 21.7 Å². The number of rotatable bonds is 4. The van der Waals surface area contributed by atoms with Crippen LogP contribution in [0.1, 0.15) is 21.5 Å². The number of nitrogens with one attached hydrogen (secondary N) is 1. The van der Waals surface area contributed by atoms with Crippen molar-refractivity contribution in [2.24, 2.45) is 0 Å². The summed E-state index contributed by atoms with van der Waals surface area (Å²) in [4.78, 5) is 10.9. The fourth-order valence-electron chi connectivity index (χ4n) is 1.88. The molecule has 0 radical (unpaired) electrons. The Balaban J connectivity index is 2.42. The summed E-state index contributed by atoms with van der Waals surface area (Å²) < 4.78 is 27.1. The molecule has 0 unspecified atom stereocenters. The van der Waals surface area contributed by atoms with Crippen LogP contribution in [0.15, 0.2) is 47.4 Å². The van der Waals surface area contributed by atoms with Gasteiger partial charge in [-0.3, -0.25) is 4.72 Å². The molecule has 112 valence electrons. The smallest absolute Gasteiger partial charge is 0.335 e. The number of nitriles is 1. The lowest BCUT2D eigenvalue weighted by Gasteiger charge is -2.11. The molecule has 0 aliphatic rings. The number of hydrogen-bond donors (Lipinski definition) is 2. The van der Waals surface area contributed by atoms with Gasteiger partial charge in [-0.2, -0.15) is 5.26 Å².